The van der Waals surface area contributed by atoms with Gasteiger partial charge in [0.15, 0.2) is 17.3 Å². The molecule has 0 aliphatic rings. The highest BCUT2D eigenvalue weighted by Gasteiger charge is 2.34. The fourth-order valence-electron chi connectivity index (χ4n) is 2.63. The lowest BCUT2D eigenvalue weighted by Crippen LogP contribution is -2.05. The lowest BCUT2D eigenvalue weighted by molar-refractivity contribution is -0.140. The van der Waals surface area contributed by atoms with Crippen LogP contribution in [-0.2, 0) is 19.3 Å². The van der Waals surface area contributed by atoms with E-state index in [4.69, 9.17) is 16.3 Å². The summed E-state index contributed by atoms with van der Waals surface area (Å²) in [6.07, 6.45) is -2.35. The van der Waals surface area contributed by atoms with Gasteiger partial charge in [0.25, 0.3) is 0 Å². The highest BCUT2D eigenvalue weighted by Crippen LogP contribution is 2.31. The second-order valence-corrected chi connectivity index (χ2v) is 6.27. The summed E-state index contributed by atoms with van der Waals surface area (Å²) < 4.78 is 57.9. The Morgan fingerprint density at radius 3 is 2.52 bits per heavy atom. The third kappa shape index (κ3) is 4.94. The molecule has 0 aliphatic carbocycles. The topological polar surface area (TPSA) is 64.9 Å². The predicted octanol–water partition coefficient (Wildman–Crippen LogP) is 4.60. The third-order valence-electron chi connectivity index (χ3n) is 4.01. The monoisotopic (exact) mass is 429 g/mol. The molecule has 3 rings (SSSR count). The smallest absolute Gasteiger partial charge is 0.434 e. The van der Waals surface area contributed by atoms with E-state index in [0.717, 1.165) is 16.3 Å². The number of aromatic nitrogens is 4. The molecule has 0 amide bonds. The first-order valence-corrected chi connectivity index (χ1v) is 8.79. The fraction of sp³-hybridized carbons (Fsp3) is 0.278. The number of methoxy groups -OCH3 is 1. The zero-order valence-corrected chi connectivity index (χ0v) is 15.9. The van der Waals surface area contributed by atoms with Crippen molar-refractivity contribution in [3.05, 3.63) is 53.2 Å². The number of imidazole rings is 1. The van der Waals surface area contributed by atoms with E-state index in [9.17, 15) is 17.6 Å². The molecule has 0 atom stereocenters. The van der Waals surface area contributed by atoms with Crippen LogP contribution >= 0.6 is 11.6 Å². The van der Waals surface area contributed by atoms with E-state index in [1.54, 1.807) is 24.3 Å². The molecule has 0 spiro atoms. The Labute approximate surface area is 168 Å². The lowest BCUT2D eigenvalue weighted by atomic mass is 10.1. The van der Waals surface area contributed by atoms with E-state index in [-0.39, 0.29) is 17.7 Å². The Kier molecular flexibility index (Phi) is 6.21. The number of aryl methyl sites for hydroxylation is 1. The largest absolute Gasteiger partial charge is 0.491 e. The molecule has 154 valence electrons. The van der Waals surface area contributed by atoms with Gasteiger partial charge in [0.2, 0.25) is 5.28 Å². The second-order valence-electron chi connectivity index (χ2n) is 5.94. The van der Waals surface area contributed by atoms with E-state index in [0.29, 0.717) is 23.7 Å². The number of halogens is 5. The van der Waals surface area contributed by atoms with Gasteiger partial charge in [-0.2, -0.15) is 18.2 Å². The van der Waals surface area contributed by atoms with Crippen LogP contribution in [0.25, 0.3) is 11.4 Å². The minimum absolute atomic E-state index is 0.0544. The van der Waals surface area contributed by atoms with Crippen molar-refractivity contribution in [2.45, 2.75) is 19.3 Å². The van der Waals surface area contributed by atoms with Gasteiger partial charge in [0.1, 0.15) is 12.5 Å². The molecule has 0 unspecified atom stereocenters. The minimum Gasteiger partial charge on any atom is -0.491 e. The maximum atomic E-state index is 12.9. The Morgan fingerprint density at radius 2 is 1.90 bits per heavy atom. The zero-order chi connectivity index (χ0) is 21.0. The van der Waals surface area contributed by atoms with Crippen LogP contribution in [0.5, 0.6) is 5.75 Å². The summed E-state index contributed by atoms with van der Waals surface area (Å²) in [6, 6.07) is 6.69. The van der Waals surface area contributed by atoms with Gasteiger partial charge in [-0.1, -0.05) is 24.3 Å². The molecule has 1 aromatic carbocycles. The average Bonchev–Trinajstić information content (AvgIpc) is 3.12. The van der Waals surface area contributed by atoms with Crippen LogP contribution in [0.3, 0.4) is 0 Å². The molecule has 1 N–H and O–H groups in total. The van der Waals surface area contributed by atoms with Crippen LogP contribution in [0.2, 0.25) is 5.28 Å². The summed E-state index contributed by atoms with van der Waals surface area (Å²) >= 11 is 5.78. The summed E-state index contributed by atoms with van der Waals surface area (Å²) in [6.45, 7) is -0.654. The number of rotatable bonds is 7. The Balaban J connectivity index is 1.79. The zero-order valence-electron chi connectivity index (χ0n) is 15.2. The van der Waals surface area contributed by atoms with Crippen LogP contribution in [0.1, 0.15) is 11.3 Å². The van der Waals surface area contributed by atoms with Crippen LogP contribution < -0.4 is 10.1 Å². The number of nitrogens with zero attached hydrogens (tertiary/aromatic N) is 4. The van der Waals surface area contributed by atoms with Gasteiger partial charge >= 0.3 is 6.18 Å². The van der Waals surface area contributed by atoms with Crippen molar-refractivity contribution in [1.82, 2.24) is 19.5 Å². The van der Waals surface area contributed by atoms with Crippen LogP contribution in [0.15, 0.2) is 36.7 Å². The van der Waals surface area contributed by atoms with Gasteiger partial charge in [-0.3, -0.25) is 0 Å². The number of ether oxygens (including phenoxy) is 1. The van der Waals surface area contributed by atoms with Crippen molar-refractivity contribution in [3.8, 4) is 17.1 Å². The Bertz CT molecular complexity index is 975. The van der Waals surface area contributed by atoms with Crippen LogP contribution in [-0.4, -0.2) is 33.3 Å². The highest BCUT2D eigenvalue weighted by molar-refractivity contribution is 6.28. The molecule has 0 radical (unpaired) electrons. The maximum absolute atomic E-state index is 12.9. The van der Waals surface area contributed by atoms with E-state index in [1.807, 2.05) is 0 Å². The molecule has 2 aromatic heterocycles. The van der Waals surface area contributed by atoms with Crippen molar-refractivity contribution in [2.24, 2.45) is 0 Å². The molecular formula is C18H16ClF4N5O. The van der Waals surface area contributed by atoms with Crippen molar-refractivity contribution < 1.29 is 22.3 Å². The number of benzene rings is 1. The van der Waals surface area contributed by atoms with Gasteiger partial charge in [-0.05, 0) is 17.2 Å². The van der Waals surface area contributed by atoms with Crippen molar-refractivity contribution in [1.29, 1.82) is 0 Å². The quantitative estimate of drug-likeness (QED) is 0.439. The summed E-state index contributed by atoms with van der Waals surface area (Å²) in [5.41, 5.74) is 0.213. The number of hydrogen-bond donors (Lipinski definition) is 1. The van der Waals surface area contributed by atoms with Gasteiger partial charge in [-0.25, -0.2) is 14.4 Å². The summed E-state index contributed by atoms with van der Waals surface area (Å²) in [7, 11) is 1.47. The van der Waals surface area contributed by atoms with Crippen molar-refractivity contribution in [3.63, 3.8) is 0 Å². The molecule has 0 bridgehead atoms. The van der Waals surface area contributed by atoms with E-state index in [2.05, 4.69) is 20.3 Å². The Hall–Kier alpha value is -2.88. The average molecular weight is 430 g/mol. The van der Waals surface area contributed by atoms with Gasteiger partial charge in [0, 0.05) is 18.3 Å². The molecule has 29 heavy (non-hydrogen) atoms. The number of hydrogen-bond acceptors (Lipinski definition) is 5. The third-order valence-corrected chi connectivity index (χ3v) is 4.19. The first-order valence-electron chi connectivity index (χ1n) is 8.42. The first kappa shape index (κ1) is 20.8. The molecule has 6 nitrogen and oxygen atoms in total. The second kappa shape index (κ2) is 8.64. The van der Waals surface area contributed by atoms with Crippen LogP contribution in [0.4, 0.5) is 23.4 Å². The standard InChI is InChI=1S/C18H16ClF4N5O/c1-29-13-9-25-17(19)27-15(13)24-8-11-2-4-12(5-3-11)16-26-14(18(21,22)23)10-28(16)7-6-20/h2-5,9-10H,6-8H2,1H3,(H,24,25,27). The van der Waals surface area contributed by atoms with Crippen LogP contribution in [0, 0.1) is 0 Å². The van der Waals surface area contributed by atoms with Gasteiger partial charge in [0.05, 0.1) is 19.9 Å². The lowest BCUT2D eigenvalue weighted by Gasteiger charge is -2.10. The predicted molar refractivity (Wildman–Crippen MR) is 99.6 cm³/mol. The van der Waals surface area contributed by atoms with Crippen molar-refractivity contribution in [2.75, 3.05) is 19.1 Å². The number of anilines is 1. The molecule has 11 heteroatoms. The number of nitrogens with one attached hydrogen (secondary N) is 1. The SMILES string of the molecule is COc1cnc(Cl)nc1NCc1ccc(-c2nc(C(F)(F)F)cn2CCF)cc1. The summed E-state index contributed by atoms with van der Waals surface area (Å²) in [4.78, 5) is 11.5. The van der Waals surface area contributed by atoms with E-state index >= 15 is 0 Å². The minimum atomic E-state index is -4.60. The molecule has 0 saturated heterocycles. The van der Waals surface area contributed by atoms with Gasteiger partial charge < -0.3 is 14.6 Å². The maximum Gasteiger partial charge on any atom is 0.434 e. The molecule has 0 aliphatic heterocycles. The van der Waals surface area contributed by atoms with E-state index < -0.39 is 18.5 Å². The van der Waals surface area contributed by atoms with E-state index in [1.165, 1.54) is 13.3 Å². The molecule has 0 saturated carbocycles. The van der Waals surface area contributed by atoms with Crippen molar-refractivity contribution >= 4 is 17.4 Å². The fourth-order valence-corrected chi connectivity index (χ4v) is 2.76. The highest BCUT2D eigenvalue weighted by atomic mass is 35.5. The molecule has 3 aromatic rings. The summed E-state index contributed by atoms with van der Waals surface area (Å²) in [5.74, 6) is 0.877. The molecular weight excluding hydrogens is 414 g/mol. The Morgan fingerprint density at radius 1 is 1.17 bits per heavy atom. The van der Waals surface area contributed by atoms with Gasteiger partial charge in [-0.15, -0.1) is 0 Å². The molecule has 2 heterocycles. The molecule has 0 fully saturated rings. The normalized spacial score (nSPS) is 11.5. The summed E-state index contributed by atoms with van der Waals surface area (Å²) in [5, 5.41) is 3.12. The number of alkyl halides is 4. The first-order chi connectivity index (χ1) is 13.8.